The predicted molar refractivity (Wildman–Crippen MR) is 101 cm³/mol. The van der Waals surface area contributed by atoms with Crippen LogP contribution in [0.25, 0.3) is 6.08 Å². The summed E-state index contributed by atoms with van der Waals surface area (Å²) in [6, 6.07) is 10.5. The molecule has 0 bridgehead atoms. The molecule has 2 aromatic carbocycles. The van der Waals surface area contributed by atoms with Gasteiger partial charge in [-0.3, -0.25) is 4.79 Å². The zero-order valence-electron chi connectivity index (χ0n) is 12.8. The van der Waals surface area contributed by atoms with Crippen molar-refractivity contribution < 1.29 is 18.0 Å². The maximum Gasteiger partial charge on any atom is 0.418 e. The first-order valence-electron chi connectivity index (χ1n) is 7.14. The van der Waals surface area contributed by atoms with Gasteiger partial charge in [-0.2, -0.15) is 13.2 Å². The van der Waals surface area contributed by atoms with Crippen LogP contribution in [0.5, 0.6) is 0 Å². The topological polar surface area (TPSA) is 41.5 Å². The SMILES string of the molecule is O=C1NC(=Nc2ccc(Cl)cc2C(F)(F)F)SC1=Cc1ccc(Br)cc1. The summed E-state index contributed by atoms with van der Waals surface area (Å²) in [4.78, 5) is 16.3. The molecule has 3 rings (SSSR count). The fourth-order valence-corrected chi connectivity index (χ4v) is 3.40. The smallest absolute Gasteiger partial charge is 0.300 e. The molecular weight excluding hydrogens is 453 g/mol. The molecule has 1 N–H and O–H groups in total. The molecule has 26 heavy (non-hydrogen) atoms. The molecule has 1 saturated heterocycles. The third-order valence-corrected chi connectivity index (χ3v) is 4.98. The normalized spacial score (nSPS) is 17.8. The number of rotatable bonds is 2. The lowest BCUT2D eigenvalue weighted by Gasteiger charge is -2.10. The Morgan fingerprint density at radius 2 is 1.85 bits per heavy atom. The summed E-state index contributed by atoms with van der Waals surface area (Å²) in [7, 11) is 0. The number of carbonyl (C=O) groups is 1. The number of thioether (sulfide) groups is 1. The maximum absolute atomic E-state index is 13.1. The number of nitrogens with zero attached hydrogens (tertiary/aromatic N) is 1. The molecular formula is C17H9BrClF3N2OS. The minimum atomic E-state index is -4.60. The number of hydrogen-bond donors (Lipinski definition) is 1. The molecule has 9 heteroatoms. The van der Waals surface area contributed by atoms with E-state index in [2.05, 4.69) is 26.2 Å². The lowest BCUT2D eigenvalue weighted by molar-refractivity contribution is -0.137. The Bertz CT molecular complexity index is 927. The summed E-state index contributed by atoms with van der Waals surface area (Å²) in [5, 5.41) is 2.51. The molecule has 1 aliphatic heterocycles. The van der Waals surface area contributed by atoms with E-state index in [9.17, 15) is 18.0 Å². The van der Waals surface area contributed by atoms with Crippen LogP contribution in [0, 0.1) is 0 Å². The van der Waals surface area contributed by atoms with Gasteiger partial charge in [0.1, 0.15) is 0 Å². The third-order valence-electron chi connectivity index (χ3n) is 3.30. The molecule has 1 aliphatic rings. The van der Waals surface area contributed by atoms with Crippen molar-refractivity contribution in [1.29, 1.82) is 0 Å². The highest BCUT2D eigenvalue weighted by Crippen LogP contribution is 2.39. The molecule has 1 fully saturated rings. The van der Waals surface area contributed by atoms with Crippen molar-refractivity contribution in [3.63, 3.8) is 0 Å². The predicted octanol–water partition coefficient (Wildman–Crippen LogP) is 6.01. The van der Waals surface area contributed by atoms with Gasteiger partial charge in [0.25, 0.3) is 5.91 Å². The van der Waals surface area contributed by atoms with E-state index in [-0.39, 0.29) is 15.9 Å². The molecule has 0 unspecified atom stereocenters. The van der Waals surface area contributed by atoms with Gasteiger partial charge < -0.3 is 5.32 Å². The molecule has 1 heterocycles. The van der Waals surface area contributed by atoms with Crippen LogP contribution in [-0.4, -0.2) is 11.1 Å². The zero-order chi connectivity index (χ0) is 18.9. The molecule has 0 saturated carbocycles. The van der Waals surface area contributed by atoms with E-state index in [1.54, 1.807) is 18.2 Å². The van der Waals surface area contributed by atoms with Gasteiger partial charge in [0, 0.05) is 9.50 Å². The monoisotopic (exact) mass is 460 g/mol. The Morgan fingerprint density at radius 3 is 2.50 bits per heavy atom. The molecule has 0 spiro atoms. The number of nitrogens with one attached hydrogen (secondary N) is 1. The third kappa shape index (κ3) is 4.49. The Hall–Kier alpha value is -1.77. The standard InChI is InChI=1S/C17H9BrClF3N2OS/c18-10-3-1-9(2-4-10)7-14-15(25)24-16(26-14)23-13-6-5-11(19)8-12(13)17(20,21)22/h1-8H,(H,23,24,25). The molecule has 0 aliphatic carbocycles. The second kappa shape index (κ2) is 7.46. The van der Waals surface area contributed by atoms with Gasteiger partial charge in [-0.05, 0) is 53.7 Å². The number of aliphatic imine (C=N–C) groups is 1. The highest BCUT2D eigenvalue weighted by molar-refractivity contribution is 9.10. The molecule has 1 amide bonds. The van der Waals surface area contributed by atoms with E-state index >= 15 is 0 Å². The summed E-state index contributed by atoms with van der Waals surface area (Å²) in [6.07, 6.45) is -2.96. The van der Waals surface area contributed by atoms with E-state index in [0.29, 0.717) is 4.91 Å². The van der Waals surface area contributed by atoms with Gasteiger partial charge in [0.05, 0.1) is 16.2 Å². The Labute approximate surface area is 164 Å². The summed E-state index contributed by atoms with van der Waals surface area (Å²) >= 11 is 9.94. The number of amidine groups is 1. The van der Waals surface area contributed by atoms with E-state index in [1.807, 2.05) is 12.1 Å². The molecule has 3 nitrogen and oxygen atoms in total. The fourth-order valence-electron chi connectivity index (χ4n) is 2.13. The second-order valence-electron chi connectivity index (χ2n) is 5.19. The van der Waals surface area contributed by atoms with Crippen LogP contribution in [0.15, 0.2) is 56.8 Å². The summed E-state index contributed by atoms with van der Waals surface area (Å²) in [5.41, 5.74) is -0.484. The highest BCUT2D eigenvalue weighted by atomic mass is 79.9. The van der Waals surface area contributed by atoms with E-state index < -0.39 is 17.6 Å². The van der Waals surface area contributed by atoms with Crippen molar-refractivity contribution in [2.45, 2.75) is 6.18 Å². The van der Waals surface area contributed by atoms with Gasteiger partial charge in [0.15, 0.2) is 5.17 Å². The summed E-state index contributed by atoms with van der Waals surface area (Å²) < 4.78 is 40.3. The molecule has 2 aromatic rings. The number of hydrogen-bond acceptors (Lipinski definition) is 3. The Balaban J connectivity index is 1.90. The first kappa shape index (κ1) is 19.0. The average Bonchev–Trinajstić information content (AvgIpc) is 2.90. The summed E-state index contributed by atoms with van der Waals surface area (Å²) in [5.74, 6) is -0.417. The lowest BCUT2D eigenvalue weighted by atomic mass is 10.2. The van der Waals surface area contributed by atoms with Gasteiger partial charge in [-0.1, -0.05) is 39.7 Å². The number of amides is 1. The van der Waals surface area contributed by atoms with Crippen molar-refractivity contribution in [1.82, 2.24) is 5.32 Å². The summed E-state index contributed by atoms with van der Waals surface area (Å²) in [6.45, 7) is 0. The van der Waals surface area contributed by atoms with Crippen molar-refractivity contribution in [3.05, 3.63) is 68.0 Å². The van der Waals surface area contributed by atoms with Gasteiger partial charge in [-0.25, -0.2) is 4.99 Å². The van der Waals surface area contributed by atoms with Crippen molar-refractivity contribution in [2.75, 3.05) is 0 Å². The van der Waals surface area contributed by atoms with E-state index in [4.69, 9.17) is 11.6 Å². The number of carbonyl (C=O) groups excluding carboxylic acids is 1. The van der Waals surface area contributed by atoms with Gasteiger partial charge >= 0.3 is 6.18 Å². The minimum Gasteiger partial charge on any atom is -0.300 e. The molecule has 0 atom stereocenters. The van der Waals surface area contributed by atoms with Crippen LogP contribution in [0.1, 0.15) is 11.1 Å². The molecule has 0 radical (unpaired) electrons. The van der Waals surface area contributed by atoms with Crippen LogP contribution in [0.3, 0.4) is 0 Å². The van der Waals surface area contributed by atoms with Crippen LogP contribution in [0.4, 0.5) is 18.9 Å². The van der Waals surface area contributed by atoms with Crippen LogP contribution < -0.4 is 5.32 Å². The van der Waals surface area contributed by atoms with Crippen molar-refractivity contribution >= 4 is 62.1 Å². The number of halogens is 5. The molecule has 134 valence electrons. The number of benzene rings is 2. The van der Waals surface area contributed by atoms with Crippen LogP contribution in [0.2, 0.25) is 5.02 Å². The van der Waals surface area contributed by atoms with Crippen molar-refractivity contribution in [3.8, 4) is 0 Å². The zero-order valence-corrected chi connectivity index (χ0v) is 15.9. The van der Waals surface area contributed by atoms with E-state index in [1.165, 1.54) is 12.1 Å². The first-order chi connectivity index (χ1) is 12.2. The number of alkyl halides is 3. The Kier molecular flexibility index (Phi) is 5.45. The minimum absolute atomic E-state index is 0.0415. The van der Waals surface area contributed by atoms with E-state index in [0.717, 1.165) is 27.9 Å². The largest absolute Gasteiger partial charge is 0.418 e. The average molecular weight is 462 g/mol. The van der Waals surface area contributed by atoms with Gasteiger partial charge in [0.2, 0.25) is 0 Å². The second-order valence-corrected chi connectivity index (χ2v) is 7.58. The van der Waals surface area contributed by atoms with Crippen molar-refractivity contribution in [2.24, 2.45) is 4.99 Å². The van der Waals surface area contributed by atoms with Crippen LogP contribution in [-0.2, 0) is 11.0 Å². The maximum atomic E-state index is 13.1. The molecule has 0 aromatic heterocycles. The van der Waals surface area contributed by atoms with Crippen LogP contribution >= 0.6 is 39.3 Å². The quantitative estimate of drug-likeness (QED) is 0.556. The first-order valence-corrected chi connectivity index (χ1v) is 9.13. The van der Waals surface area contributed by atoms with Gasteiger partial charge in [-0.15, -0.1) is 0 Å². The fraction of sp³-hybridized carbons (Fsp3) is 0.0588. The lowest BCUT2D eigenvalue weighted by Crippen LogP contribution is -2.19. The highest BCUT2D eigenvalue weighted by Gasteiger charge is 2.34. The Morgan fingerprint density at radius 1 is 1.15 bits per heavy atom.